The summed E-state index contributed by atoms with van der Waals surface area (Å²) in [4.78, 5) is 0. The molecule has 2 rings (SSSR count). The maximum atomic E-state index is 12.6. The van der Waals surface area contributed by atoms with Crippen molar-refractivity contribution in [3.8, 4) is 0 Å². The molecule has 0 bridgehead atoms. The van der Waals surface area contributed by atoms with Gasteiger partial charge in [0.25, 0.3) is 0 Å². The van der Waals surface area contributed by atoms with Crippen LogP contribution in [0.2, 0.25) is 5.02 Å². The Morgan fingerprint density at radius 1 is 1.00 bits per heavy atom. The number of hydrogen-bond donors (Lipinski definition) is 1. The largest absolute Gasteiger partial charge is 0.279 e. The van der Waals surface area contributed by atoms with Crippen LogP contribution in [-0.4, -0.2) is 6.21 Å². The fourth-order valence-electron chi connectivity index (χ4n) is 1.25. The molecule has 0 spiro atoms. The van der Waals surface area contributed by atoms with Gasteiger partial charge in [0, 0.05) is 5.02 Å². The van der Waals surface area contributed by atoms with Gasteiger partial charge in [0.2, 0.25) is 0 Å². The van der Waals surface area contributed by atoms with E-state index in [4.69, 9.17) is 11.6 Å². The first-order valence-corrected chi connectivity index (χ1v) is 5.42. The molecule has 0 radical (unpaired) electrons. The summed E-state index contributed by atoms with van der Waals surface area (Å²) in [5.74, 6) is -0.266. The molecule has 2 aromatic rings. The second-order valence-corrected chi connectivity index (χ2v) is 3.86. The smallest absolute Gasteiger partial charge is 0.123 e. The summed E-state index contributed by atoms with van der Waals surface area (Å²) < 4.78 is 12.6. The van der Waals surface area contributed by atoms with E-state index >= 15 is 0 Å². The molecule has 0 aliphatic rings. The third kappa shape index (κ3) is 3.57. The second-order valence-electron chi connectivity index (χ2n) is 3.43. The lowest BCUT2D eigenvalue weighted by Gasteiger charge is -1.99. The molecule has 0 aliphatic heterocycles. The van der Waals surface area contributed by atoms with Crippen molar-refractivity contribution in [3.63, 3.8) is 0 Å². The van der Waals surface area contributed by atoms with E-state index in [0.29, 0.717) is 5.02 Å². The number of anilines is 1. The highest BCUT2D eigenvalue weighted by Gasteiger charge is 1.91. The minimum Gasteiger partial charge on any atom is -0.279 e. The highest BCUT2D eigenvalue weighted by atomic mass is 35.5. The van der Waals surface area contributed by atoms with Gasteiger partial charge in [-0.15, -0.1) is 0 Å². The molecule has 0 saturated heterocycles. The third-order valence-corrected chi connectivity index (χ3v) is 2.37. The Labute approximate surface area is 104 Å². The van der Waals surface area contributed by atoms with Crippen LogP contribution < -0.4 is 5.43 Å². The standard InChI is InChI=1S/C13H10ClFN2/c14-11-3-1-10(2-4-11)9-16-17-13-7-5-12(15)6-8-13/h1-9,17H/b16-9+. The molecule has 2 nitrogen and oxygen atoms in total. The minimum absolute atomic E-state index is 0.266. The van der Waals surface area contributed by atoms with Crippen LogP contribution in [0.3, 0.4) is 0 Å². The second kappa shape index (κ2) is 5.46. The third-order valence-electron chi connectivity index (χ3n) is 2.12. The zero-order valence-electron chi connectivity index (χ0n) is 8.90. The molecule has 0 atom stereocenters. The highest BCUT2D eigenvalue weighted by Crippen LogP contribution is 2.09. The summed E-state index contributed by atoms with van der Waals surface area (Å²) in [6, 6.07) is 13.3. The van der Waals surface area contributed by atoms with Gasteiger partial charge >= 0.3 is 0 Å². The van der Waals surface area contributed by atoms with E-state index in [9.17, 15) is 4.39 Å². The van der Waals surface area contributed by atoms with Gasteiger partial charge in [0.1, 0.15) is 5.82 Å². The van der Waals surface area contributed by atoms with Crippen molar-refractivity contribution in [2.24, 2.45) is 5.10 Å². The molecular formula is C13H10ClFN2. The van der Waals surface area contributed by atoms with Crippen molar-refractivity contribution in [3.05, 3.63) is 64.9 Å². The lowest BCUT2D eigenvalue weighted by Crippen LogP contribution is -1.90. The van der Waals surface area contributed by atoms with Crippen LogP contribution >= 0.6 is 11.6 Å². The van der Waals surface area contributed by atoms with Crippen LogP contribution in [0.4, 0.5) is 10.1 Å². The number of nitrogens with one attached hydrogen (secondary N) is 1. The average molecular weight is 249 g/mol. The van der Waals surface area contributed by atoms with Gasteiger partial charge in [0.15, 0.2) is 0 Å². The summed E-state index contributed by atoms with van der Waals surface area (Å²) in [6.07, 6.45) is 1.67. The zero-order chi connectivity index (χ0) is 12.1. The molecule has 0 unspecified atom stereocenters. The molecule has 4 heteroatoms. The summed E-state index contributed by atoms with van der Waals surface area (Å²) >= 11 is 5.76. The molecule has 0 saturated carbocycles. The maximum absolute atomic E-state index is 12.6. The molecule has 2 aromatic carbocycles. The van der Waals surface area contributed by atoms with Gasteiger partial charge in [-0.25, -0.2) is 4.39 Å². The topological polar surface area (TPSA) is 24.4 Å². The van der Waals surface area contributed by atoms with E-state index < -0.39 is 0 Å². The van der Waals surface area contributed by atoms with Gasteiger partial charge in [-0.3, -0.25) is 5.43 Å². The fraction of sp³-hybridized carbons (Fsp3) is 0. The summed E-state index contributed by atoms with van der Waals surface area (Å²) in [5, 5.41) is 4.72. The predicted octanol–water partition coefficient (Wildman–Crippen LogP) is 3.93. The van der Waals surface area contributed by atoms with Crippen LogP contribution in [0.5, 0.6) is 0 Å². The molecule has 1 N–H and O–H groups in total. The molecule has 17 heavy (non-hydrogen) atoms. The molecule has 0 fully saturated rings. The Morgan fingerprint density at radius 2 is 1.65 bits per heavy atom. The SMILES string of the molecule is Fc1ccc(N/N=C/c2ccc(Cl)cc2)cc1. The first-order chi connectivity index (χ1) is 8.24. The quantitative estimate of drug-likeness (QED) is 0.646. The summed E-state index contributed by atoms with van der Waals surface area (Å²) in [6.45, 7) is 0. The van der Waals surface area contributed by atoms with Crippen molar-refractivity contribution >= 4 is 23.5 Å². The van der Waals surface area contributed by atoms with E-state index in [1.165, 1.54) is 12.1 Å². The Kier molecular flexibility index (Phi) is 3.73. The van der Waals surface area contributed by atoms with Gasteiger partial charge in [-0.05, 0) is 42.0 Å². The normalized spacial score (nSPS) is 10.7. The highest BCUT2D eigenvalue weighted by molar-refractivity contribution is 6.30. The van der Waals surface area contributed by atoms with E-state index in [1.54, 1.807) is 30.5 Å². The number of hydrogen-bond acceptors (Lipinski definition) is 2. The Bertz CT molecular complexity index is 506. The number of benzene rings is 2. The summed E-state index contributed by atoms with van der Waals surface area (Å²) in [5.41, 5.74) is 4.47. The maximum Gasteiger partial charge on any atom is 0.123 e. The number of hydrazone groups is 1. The van der Waals surface area contributed by atoms with Crippen LogP contribution in [0, 0.1) is 5.82 Å². The van der Waals surface area contributed by atoms with Crippen LogP contribution in [0.15, 0.2) is 53.6 Å². The average Bonchev–Trinajstić information content (AvgIpc) is 2.34. The Morgan fingerprint density at radius 3 is 2.29 bits per heavy atom. The summed E-state index contributed by atoms with van der Waals surface area (Å²) in [7, 11) is 0. The van der Waals surface area contributed by atoms with Crippen molar-refractivity contribution in [2.45, 2.75) is 0 Å². The first kappa shape index (κ1) is 11.6. The fourth-order valence-corrected chi connectivity index (χ4v) is 1.38. The van der Waals surface area contributed by atoms with Crippen molar-refractivity contribution in [2.75, 3.05) is 5.43 Å². The van der Waals surface area contributed by atoms with Crippen molar-refractivity contribution in [1.29, 1.82) is 0 Å². The Balaban J connectivity index is 1.97. The zero-order valence-corrected chi connectivity index (χ0v) is 9.66. The van der Waals surface area contributed by atoms with Gasteiger partial charge in [-0.2, -0.15) is 5.10 Å². The lowest BCUT2D eigenvalue weighted by atomic mass is 10.2. The Hall–Kier alpha value is -1.87. The van der Waals surface area contributed by atoms with E-state index in [-0.39, 0.29) is 5.82 Å². The molecule has 0 aliphatic carbocycles. The first-order valence-electron chi connectivity index (χ1n) is 5.04. The molecule has 0 amide bonds. The molecular weight excluding hydrogens is 239 g/mol. The van der Waals surface area contributed by atoms with Gasteiger partial charge < -0.3 is 0 Å². The predicted molar refractivity (Wildman–Crippen MR) is 69.1 cm³/mol. The van der Waals surface area contributed by atoms with Crippen LogP contribution in [0.1, 0.15) is 5.56 Å². The van der Waals surface area contributed by atoms with Crippen molar-refractivity contribution in [1.82, 2.24) is 0 Å². The molecule has 0 heterocycles. The van der Waals surface area contributed by atoms with Crippen LogP contribution in [-0.2, 0) is 0 Å². The number of halogens is 2. The molecule has 86 valence electrons. The lowest BCUT2D eigenvalue weighted by molar-refractivity contribution is 0.628. The van der Waals surface area contributed by atoms with Crippen molar-refractivity contribution < 1.29 is 4.39 Å². The van der Waals surface area contributed by atoms with E-state index in [1.807, 2.05) is 12.1 Å². The monoisotopic (exact) mass is 248 g/mol. The molecule has 0 aromatic heterocycles. The number of nitrogens with zero attached hydrogens (tertiary/aromatic N) is 1. The van der Waals surface area contributed by atoms with Gasteiger partial charge in [-0.1, -0.05) is 23.7 Å². The van der Waals surface area contributed by atoms with Gasteiger partial charge in [0.05, 0.1) is 11.9 Å². The van der Waals surface area contributed by atoms with E-state index in [0.717, 1.165) is 11.3 Å². The van der Waals surface area contributed by atoms with E-state index in [2.05, 4.69) is 10.5 Å². The van der Waals surface area contributed by atoms with Crippen LogP contribution in [0.25, 0.3) is 0 Å². The number of rotatable bonds is 3. The minimum atomic E-state index is -0.266.